The highest BCUT2D eigenvalue weighted by molar-refractivity contribution is 5.70. The lowest BCUT2D eigenvalue weighted by atomic mass is 9.57. The summed E-state index contributed by atoms with van der Waals surface area (Å²) in [6.07, 6.45) is 5.01. The highest BCUT2D eigenvalue weighted by atomic mass is 16.6. The molecule has 0 unspecified atom stereocenters. The number of esters is 1. The molecule has 3 rings (SSSR count). The molecule has 2 fully saturated rings. The van der Waals surface area contributed by atoms with Crippen molar-refractivity contribution in [3.63, 3.8) is 0 Å². The fourth-order valence-corrected chi connectivity index (χ4v) is 3.60. The van der Waals surface area contributed by atoms with E-state index in [2.05, 4.69) is 13.8 Å². The van der Waals surface area contributed by atoms with Crippen LogP contribution >= 0.6 is 0 Å². The normalized spacial score (nSPS) is 31.2. The van der Waals surface area contributed by atoms with Gasteiger partial charge in [-0.05, 0) is 25.0 Å². The summed E-state index contributed by atoms with van der Waals surface area (Å²) in [6.45, 7) is 5.09. The number of aryl methyl sites for hydroxylation is 1. The molecule has 1 aliphatic heterocycles. The van der Waals surface area contributed by atoms with E-state index in [9.17, 15) is 4.79 Å². The van der Waals surface area contributed by atoms with E-state index < -0.39 is 0 Å². The summed E-state index contributed by atoms with van der Waals surface area (Å²) < 4.78 is 16.8. The second kappa shape index (κ2) is 5.24. The van der Waals surface area contributed by atoms with Crippen LogP contribution in [0.3, 0.4) is 0 Å². The van der Waals surface area contributed by atoms with E-state index in [-0.39, 0.29) is 23.6 Å². The number of fused-ring (bicyclic) bond motifs is 1. The van der Waals surface area contributed by atoms with Crippen molar-refractivity contribution < 1.29 is 18.7 Å². The molecular weight excluding hydrogens is 256 g/mol. The van der Waals surface area contributed by atoms with Crippen LogP contribution in [-0.2, 0) is 20.7 Å². The van der Waals surface area contributed by atoms with Crippen LogP contribution in [0.1, 0.15) is 38.9 Å². The Balaban J connectivity index is 1.53. The summed E-state index contributed by atoms with van der Waals surface area (Å²) >= 11 is 0. The highest BCUT2D eigenvalue weighted by Gasteiger charge is 2.60. The number of furan rings is 1. The van der Waals surface area contributed by atoms with Gasteiger partial charge in [0.1, 0.15) is 11.9 Å². The molecule has 0 aromatic carbocycles. The summed E-state index contributed by atoms with van der Waals surface area (Å²) in [7, 11) is 0. The van der Waals surface area contributed by atoms with Crippen molar-refractivity contribution in [3.05, 3.63) is 24.2 Å². The number of carbonyl (C=O) groups excluding carboxylic acids is 1. The Kier molecular flexibility index (Phi) is 3.59. The Morgan fingerprint density at radius 1 is 1.50 bits per heavy atom. The van der Waals surface area contributed by atoms with Gasteiger partial charge >= 0.3 is 5.97 Å². The zero-order valence-electron chi connectivity index (χ0n) is 12.1. The molecule has 4 heteroatoms. The molecule has 1 saturated heterocycles. The predicted molar refractivity (Wildman–Crippen MR) is 73.2 cm³/mol. The molecule has 1 saturated carbocycles. The van der Waals surface area contributed by atoms with Crippen molar-refractivity contribution in [2.24, 2.45) is 11.3 Å². The van der Waals surface area contributed by atoms with Crippen LogP contribution in [0.25, 0.3) is 0 Å². The zero-order chi connectivity index (χ0) is 14.2. The highest BCUT2D eigenvalue weighted by Crippen LogP contribution is 2.52. The van der Waals surface area contributed by atoms with Gasteiger partial charge in [0.05, 0.1) is 18.8 Å². The summed E-state index contributed by atoms with van der Waals surface area (Å²) in [5.74, 6) is 1.07. The lowest BCUT2D eigenvalue weighted by molar-refractivity contribution is -0.254. The molecule has 1 aromatic rings. The second-order valence-electron chi connectivity index (χ2n) is 6.41. The Bertz CT molecular complexity index is 463. The molecule has 2 heterocycles. The molecule has 0 amide bonds. The van der Waals surface area contributed by atoms with Gasteiger partial charge in [-0.1, -0.05) is 13.8 Å². The van der Waals surface area contributed by atoms with Crippen LogP contribution in [-0.4, -0.2) is 24.8 Å². The summed E-state index contributed by atoms with van der Waals surface area (Å²) in [4.78, 5) is 12.0. The Morgan fingerprint density at radius 3 is 3.10 bits per heavy atom. The fourth-order valence-electron chi connectivity index (χ4n) is 3.60. The predicted octanol–water partition coefficient (Wildman–Crippen LogP) is 2.96. The van der Waals surface area contributed by atoms with Crippen LogP contribution in [0.4, 0.5) is 0 Å². The molecule has 1 aliphatic carbocycles. The lowest BCUT2D eigenvalue weighted by Gasteiger charge is -2.58. The molecule has 0 spiro atoms. The largest absolute Gasteiger partial charge is 0.469 e. The Morgan fingerprint density at radius 2 is 2.35 bits per heavy atom. The summed E-state index contributed by atoms with van der Waals surface area (Å²) in [5, 5.41) is 0. The SMILES string of the molecule is CC1(C)[C@@H]2OCCC[C@H]2[C@H]1OC(=O)CCc1ccco1. The average Bonchev–Trinajstić information content (AvgIpc) is 2.96. The topological polar surface area (TPSA) is 48.7 Å². The minimum Gasteiger partial charge on any atom is -0.469 e. The van der Waals surface area contributed by atoms with E-state index >= 15 is 0 Å². The minimum atomic E-state index is -0.136. The van der Waals surface area contributed by atoms with Crippen LogP contribution in [0.15, 0.2) is 22.8 Å². The molecular formula is C16H22O4. The van der Waals surface area contributed by atoms with Gasteiger partial charge in [0, 0.05) is 24.4 Å². The van der Waals surface area contributed by atoms with Gasteiger partial charge in [-0.25, -0.2) is 0 Å². The van der Waals surface area contributed by atoms with Crippen LogP contribution in [0, 0.1) is 11.3 Å². The Labute approximate surface area is 119 Å². The van der Waals surface area contributed by atoms with Crippen molar-refractivity contribution in [1.82, 2.24) is 0 Å². The van der Waals surface area contributed by atoms with Crippen LogP contribution in [0.5, 0.6) is 0 Å². The molecule has 1 aromatic heterocycles. The van der Waals surface area contributed by atoms with E-state index in [0.717, 1.165) is 25.2 Å². The first-order chi connectivity index (χ1) is 9.59. The maximum atomic E-state index is 12.0. The molecule has 0 bridgehead atoms. The summed E-state index contributed by atoms with van der Waals surface area (Å²) in [6, 6.07) is 3.71. The van der Waals surface area contributed by atoms with Gasteiger partial charge in [0.25, 0.3) is 0 Å². The van der Waals surface area contributed by atoms with E-state index in [0.29, 0.717) is 18.8 Å². The first-order valence-corrected chi connectivity index (χ1v) is 7.42. The fraction of sp³-hybridized carbons (Fsp3) is 0.688. The van der Waals surface area contributed by atoms with Crippen molar-refractivity contribution in [3.8, 4) is 0 Å². The second-order valence-corrected chi connectivity index (χ2v) is 6.41. The maximum absolute atomic E-state index is 12.0. The van der Waals surface area contributed by atoms with Gasteiger partial charge in [-0.3, -0.25) is 4.79 Å². The van der Waals surface area contributed by atoms with Crippen molar-refractivity contribution in [2.45, 2.75) is 51.7 Å². The standard InChI is InChI=1S/C16H22O4/c1-16(2)14-12(6-4-10-19-14)15(16)20-13(17)8-7-11-5-3-9-18-11/h3,5,9,12,14-15H,4,6-8,10H2,1-2H3/t12-,14-,15-/m1/s1. The first-order valence-electron chi connectivity index (χ1n) is 7.42. The monoisotopic (exact) mass is 278 g/mol. The smallest absolute Gasteiger partial charge is 0.306 e. The molecule has 0 radical (unpaired) electrons. The quantitative estimate of drug-likeness (QED) is 0.794. The van der Waals surface area contributed by atoms with Gasteiger partial charge in [0.15, 0.2) is 0 Å². The molecule has 3 atom stereocenters. The van der Waals surface area contributed by atoms with E-state index in [1.165, 1.54) is 0 Å². The summed E-state index contributed by atoms with van der Waals surface area (Å²) in [5.41, 5.74) is -0.0641. The Hall–Kier alpha value is -1.29. The van der Waals surface area contributed by atoms with E-state index in [1.54, 1.807) is 6.26 Å². The average molecular weight is 278 g/mol. The maximum Gasteiger partial charge on any atom is 0.306 e. The molecule has 2 aliphatic rings. The van der Waals surface area contributed by atoms with Crippen molar-refractivity contribution in [1.29, 1.82) is 0 Å². The molecule has 4 nitrogen and oxygen atoms in total. The van der Waals surface area contributed by atoms with Crippen LogP contribution < -0.4 is 0 Å². The number of ether oxygens (including phenoxy) is 2. The molecule has 110 valence electrons. The van der Waals surface area contributed by atoms with E-state index in [1.807, 2.05) is 12.1 Å². The number of carbonyl (C=O) groups is 1. The third-order valence-corrected chi connectivity index (χ3v) is 4.64. The third-order valence-electron chi connectivity index (χ3n) is 4.64. The van der Waals surface area contributed by atoms with E-state index in [4.69, 9.17) is 13.9 Å². The number of hydrogen-bond donors (Lipinski definition) is 0. The van der Waals surface area contributed by atoms with Gasteiger partial charge in [0.2, 0.25) is 0 Å². The zero-order valence-corrected chi connectivity index (χ0v) is 12.1. The molecule has 0 N–H and O–H groups in total. The lowest BCUT2D eigenvalue weighted by Crippen LogP contribution is -2.65. The van der Waals surface area contributed by atoms with Gasteiger partial charge < -0.3 is 13.9 Å². The first kappa shape index (κ1) is 13.7. The van der Waals surface area contributed by atoms with Gasteiger partial charge in [-0.15, -0.1) is 0 Å². The van der Waals surface area contributed by atoms with Crippen molar-refractivity contribution >= 4 is 5.97 Å². The molecule has 20 heavy (non-hydrogen) atoms. The minimum absolute atomic E-state index is 0.00287. The van der Waals surface area contributed by atoms with Gasteiger partial charge in [-0.2, -0.15) is 0 Å². The third kappa shape index (κ3) is 2.37. The number of hydrogen-bond acceptors (Lipinski definition) is 4. The number of rotatable bonds is 4. The van der Waals surface area contributed by atoms with Crippen molar-refractivity contribution in [2.75, 3.05) is 6.61 Å². The van der Waals surface area contributed by atoms with Crippen LogP contribution in [0.2, 0.25) is 0 Å².